The Morgan fingerprint density at radius 1 is 0.708 bits per heavy atom. The second kappa shape index (κ2) is 11.8. The van der Waals surface area contributed by atoms with Crippen LogP contribution in [0.15, 0.2) is 84.9 Å². The van der Waals surface area contributed by atoms with E-state index in [-0.39, 0.29) is 28.8 Å². The third-order valence-electron chi connectivity index (χ3n) is 9.71. The second-order valence-electron chi connectivity index (χ2n) is 11.8. The highest BCUT2D eigenvalue weighted by atomic mass is 16.5. The molecule has 0 bridgehead atoms. The molecule has 7 rings (SSSR count). The Bertz CT molecular complexity index is 1980. The number of benzene rings is 4. The van der Waals surface area contributed by atoms with Crippen molar-refractivity contribution in [1.29, 1.82) is 0 Å². The van der Waals surface area contributed by atoms with Crippen molar-refractivity contribution in [2.75, 3.05) is 45.8 Å². The predicted octanol–water partition coefficient (Wildman–Crippen LogP) is 5.59. The smallest absolute Gasteiger partial charge is 0.238 e. The number of nitrogens with zero attached hydrogens (tertiary/aromatic N) is 1. The van der Waals surface area contributed by atoms with Crippen LogP contribution >= 0.6 is 0 Å². The summed E-state index contributed by atoms with van der Waals surface area (Å²) in [6.45, 7) is 0. The summed E-state index contributed by atoms with van der Waals surface area (Å²) in [5, 5.41) is 3.05. The number of carbonyl (C=O) groups excluding carboxylic acids is 3. The average molecular weight is 647 g/mol. The van der Waals surface area contributed by atoms with Crippen molar-refractivity contribution in [2.45, 2.75) is 17.5 Å². The number of hydrogen-bond donors (Lipinski definition) is 1. The standard InChI is InChI=1S/C38H34N2O8/c1-44-27-16-14-22(18-28(27)45-2)35(42)33-32(34(41)23-19-29(46-3)36(48-5)30(20-23)47-4)38(24-11-7-8-12-25(24)39-37(38)43)31-17-15-21-10-6-9-13-26(21)40(31)33/h6-20,31-33H,1-5H3,(H,39,43)/t31-,32-,33+,38-/m1/s1. The van der Waals surface area contributed by atoms with Crippen LogP contribution in [0.4, 0.5) is 11.4 Å². The first-order valence-electron chi connectivity index (χ1n) is 15.4. The molecule has 0 unspecified atom stereocenters. The molecule has 244 valence electrons. The van der Waals surface area contributed by atoms with E-state index in [1.165, 1.54) is 35.5 Å². The normalized spacial score (nSPS) is 21.6. The highest BCUT2D eigenvalue weighted by molar-refractivity contribution is 6.18. The summed E-state index contributed by atoms with van der Waals surface area (Å²) in [5.74, 6) is -0.678. The van der Waals surface area contributed by atoms with Crippen LogP contribution in [0, 0.1) is 5.92 Å². The van der Waals surface area contributed by atoms with Crippen molar-refractivity contribution in [3.05, 3.63) is 107 Å². The number of amides is 1. The average Bonchev–Trinajstić information content (AvgIpc) is 3.61. The molecular weight excluding hydrogens is 612 g/mol. The van der Waals surface area contributed by atoms with Gasteiger partial charge in [-0.05, 0) is 53.6 Å². The minimum atomic E-state index is -1.49. The van der Waals surface area contributed by atoms with Crippen molar-refractivity contribution in [3.63, 3.8) is 0 Å². The Morgan fingerprint density at radius 2 is 1.35 bits per heavy atom. The molecule has 4 aromatic carbocycles. The monoisotopic (exact) mass is 646 g/mol. The first kappa shape index (κ1) is 30.9. The van der Waals surface area contributed by atoms with Crippen molar-refractivity contribution < 1.29 is 38.1 Å². The van der Waals surface area contributed by atoms with Gasteiger partial charge in [0.15, 0.2) is 34.6 Å². The fraction of sp³-hybridized carbons (Fsp3) is 0.237. The van der Waals surface area contributed by atoms with Gasteiger partial charge in [-0.3, -0.25) is 14.4 Å². The van der Waals surface area contributed by atoms with Gasteiger partial charge in [-0.25, -0.2) is 0 Å². The molecule has 0 saturated carbocycles. The van der Waals surface area contributed by atoms with E-state index in [1.807, 2.05) is 65.6 Å². The number of ether oxygens (including phenoxy) is 5. The first-order chi connectivity index (χ1) is 23.3. The Labute approximate surface area is 277 Å². The van der Waals surface area contributed by atoms with Gasteiger partial charge < -0.3 is 33.9 Å². The number of para-hydroxylation sites is 2. The van der Waals surface area contributed by atoms with Crippen molar-refractivity contribution >= 4 is 34.9 Å². The maximum absolute atomic E-state index is 15.3. The zero-order valence-corrected chi connectivity index (χ0v) is 27.1. The van der Waals surface area contributed by atoms with Gasteiger partial charge >= 0.3 is 0 Å². The van der Waals surface area contributed by atoms with Crippen LogP contribution in [0.2, 0.25) is 0 Å². The van der Waals surface area contributed by atoms with E-state index in [0.29, 0.717) is 34.1 Å². The lowest BCUT2D eigenvalue weighted by Gasteiger charge is -2.37. The molecule has 4 atom stereocenters. The fourth-order valence-electron chi connectivity index (χ4n) is 7.68. The van der Waals surface area contributed by atoms with E-state index in [0.717, 1.165) is 11.3 Å². The summed E-state index contributed by atoms with van der Waals surface area (Å²) < 4.78 is 27.7. The van der Waals surface area contributed by atoms with Crippen molar-refractivity contribution in [1.82, 2.24) is 0 Å². The first-order valence-corrected chi connectivity index (χ1v) is 15.4. The van der Waals surface area contributed by atoms with Crippen LogP contribution in [0.1, 0.15) is 31.8 Å². The maximum atomic E-state index is 15.3. The summed E-state index contributed by atoms with van der Waals surface area (Å²) >= 11 is 0. The van der Waals surface area contributed by atoms with Crippen LogP contribution in [0.25, 0.3) is 6.08 Å². The van der Waals surface area contributed by atoms with Crippen molar-refractivity contribution in [3.8, 4) is 28.7 Å². The molecule has 3 aliphatic rings. The molecule has 1 fully saturated rings. The number of rotatable bonds is 9. The largest absolute Gasteiger partial charge is 0.493 e. The highest BCUT2D eigenvalue weighted by Crippen LogP contribution is 2.58. The van der Waals surface area contributed by atoms with Crippen LogP contribution in [0.3, 0.4) is 0 Å². The number of carbonyl (C=O) groups is 3. The molecule has 3 heterocycles. The number of Topliss-reactive ketones (excluding diaryl/α,β-unsaturated/α-hetero) is 2. The van der Waals surface area contributed by atoms with E-state index in [9.17, 15) is 4.79 Å². The van der Waals surface area contributed by atoms with Gasteiger partial charge in [0.05, 0.1) is 47.5 Å². The van der Waals surface area contributed by atoms with Crippen LogP contribution in [-0.2, 0) is 10.2 Å². The Morgan fingerprint density at radius 3 is 2.04 bits per heavy atom. The molecule has 48 heavy (non-hydrogen) atoms. The molecule has 3 aliphatic heterocycles. The van der Waals surface area contributed by atoms with Gasteiger partial charge in [-0.15, -0.1) is 0 Å². The van der Waals surface area contributed by atoms with Crippen LogP contribution in [0.5, 0.6) is 28.7 Å². The molecule has 1 saturated heterocycles. The lowest BCUT2D eigenvalue weighted by molar-refractivity contribution is -0.121. The summed E-state index contributed by atoms with van der Waals surface area (Å²) in [5.41, 5.74) is 1.85. The Balaban J connectivity index is 1.53. The van der Waals surface area contributed by atoms with Crippen LogP contribution in [-0.4, -0.2) is 65.1 Å². The van der Waals surface area contributed by atoms with Gasteiger partial charge in [0, 0.05) is 22.5 Å². The van der Waals surface area contributed by atoms with E-state index in [1.54, 1.807) is 30.3 Å². The SMILES string of the molecule is COc1ccc(C(=O)[C@@H]2[C@H](C(=O)c3cc(OC)c(OC)c(OC)c3)[C@]3(C(=O)Nc4ccccc43)[C@H]3C=Cc4ccccc4N23)cc1OC. The summed E-state index contributed by atoms with van der Waals surface area (Å²) in [4.78, 5) is 47.1. The Hall–Kier alpha value is -5.77. The lowest BCUT2D eigenvalue weighted by Crippen LogP contribution is -2.51. The third kappa shape index (κ3) is 4.28. The van der Waals surface area contributed by atoms with E-state index < -0.39 is 29.2 Å². The number of anilines is 2. The van der Waals surface area contributed by atoms with E-state index in [4.69, 9.17) is 23.7 Å². The topological polar surface area (TPSA) is 113 Å². The minimum Gasteiger partial charge on any atom is -0.493 e. The number of hydrogen-bond acceptors (Lipinski definition) is 9. The van der Waals surface area contributed by atoms with E-state index >= 15 is 9.59 Å². The number of methoxy groups -OCH3 is 5. The highest BCUT2D eigenvalue weighted by Gasteiger charge is 2.70. The molecule has 0 aromatic heterocycles. The summed E-state index contributed by atoms with van der Waals surface area (Å²) in [6, 6.07) is 21.2. The Kier molecular flexibility index (Phi) is 7.58. The number of nitrogens with one attached hydrogen (secondary N) is 1. The lowest BCUT2D eigenvalue weighted by atomic mass is 9.64. The third-order valence-corrected chi connectivity index (χ3v) is 9.71. The van der Waals surface area contributed by atoms with Crippen molar-refractivity contribution in [2.24, 2.45) is 5.92 Å². The predicted molar refractivity (Wildman–Crippen MR) is 180 cm³/mol. The molecule has 1 spiro atoms. The van der Waals surface area contributed by atoms with E-state index in [2.05, 4.69) is 5.32 Å². The molecule has 10 nitrogen and oxygen atoms in total. The molecule has 10 heteroatoms. The molecule has 0 aliphatic carbocycles. The van der Waals surface area contributed by atoms with Gasteiger partial charge in [0.1, 0.15) is 11.5 Å². The molecule has 0 radical (unpaired) electrons. The molecular formula is C38H34N2O8. The van der Waals surface area contributed by atoms with Gasteiger partial charge in [-0.1, -0.05) is 48.6 Å². The second-order valence-corrected chi connectivity index (χ2v) is 11.8. The summed E-state index contributed by atoms with van der Waals surface area (Å²) in [6.07, 6.45) is 3.89. The molecule has 1 N–H and O–H groups in total. The summed E-state index contributed by atoms with van der Waals surface area (Å²) in [7, 11) is 7.43. The zero-order chi connectivity index (χ0) is 33.7. The molecule has 4 aromatic rings. The zero-order valence-electron chi connectivity index (χ0n) is 27.1. The van der Waals surface area contributed by atoms with Gasteiger partial charge in [-0.2, -0.15) is 0 Å². The molecule has 1 amide bonds. The number of fused-ring (bicyclic) bond motifs is 6. The van der Waals surface area contributed by atoms with Crippen LogP contribution < -0.4 is 33.9 Å². The maximum Gasteiger partial charge on any atom is 0.238 e. The number of ketones is 2. The minimum absolute atomic E-state index is 0.202. The van der Waals surface area contributed by atoms with Gasteiger partial charge in [0.2, 0.25) is 11.7 Å². The van der Waals surface area contributed by atoms with Gasteiger partial charge in [0.25, 0.3) is 0 Å². The quantitative estimate of drug-likeness (QED) is 0.233. The fourth-order valence-corrected chi connectivity index (χ4v) is 7.68.